The number of carbonyl (C=O) groups is 1. The molecule has 5 heteroatoms. The molecule has 2 aromatic rings. The lowest BCUT2D eigenvalue weighted by Crippen LogP contribution is -2.22. The number of nitrogens with zero attached hydrogens (tertiary/aromatic N) is 3. The molecule has 96 valence electrons. The molecule has 0 saturated carbocycles. The van der Waals surface area contributed by atoms with Crippen molar-refractivity contribution in [3.8, 4) is 5.88 Å². The maximum absolute atomic E-state index is 12.1. The third-order valence-corrected chi connectivity index (χ3v) is 2.83. The summed E-state index contributed by atoms with van der Waals surface area (Å²) in [5.74, 6) is 1.42. The first kappa shape index (κ1) is 12.4. The van der Waals surface area contributed by atoms with Crippen molar-refractivity contribution >= 4 is 11.4 Å². The second kappa shape index (κ2) is 4.68. The van der Waals surface area contributed by atoms with E-state index in [9.17, 15) is 4.79 Å². The number of hydrogen-bond acceptors (Lipinski definition) is 3. The fourth-order valence-corrected chi connectivity index (χ4v) is 1.94. The number of imidazole rings is 1. The monoisotopic (exact) mass is 247 g/mol. The van der Waals surface area contributed by atoms with Gasteiger partial charge in [-0.05, 0) is 12.1 Å². The number of carbonyl (C=O) groups excluding carboxylic acids is 1. The van der Waals surface area contributed by atoms with Crippen molar-refractivity contribution in [1.29, 1.82) is 0 Å². The van der Waals surface area contributed by atoms with E-state index in [1.54, 1.807) is 21.2 Å². The molecule has 5 nitrogen and oxygen atoms in total. The summed E-state index contributed by atoms with van der Waals surface area (Å²) in [6, 6.07) is 5.60. The van der Waals surface area contributed by atoms with Crippen LogP contribution < -0.4 is 4.74 Å². The van der Waals surface area contributed by atoms with Gasteiger partial charge in [-0.3, -0.25) is 9.20 Å². The van der Waals surface area contributed by atoms with E-state index in [2.05, 4.69) is 4.98 Å². The zero-order valence-electron chi connectivity index (χ0n) is 11.1. The Hall–Kier alpha value is -2.04. The number of amides is 1. The molecule has 0 aliphatic carbocycles. The fourth-order valence-electron chi connectivity index (χ4n) is 1.94. The predicted octanol–water partition coefficient (Wildman–Crippen LogP) is 1.61. The summed E-state index contributed by atoms with van der Waals surface area (Å²) in [7, 11) is 5.06. The topological polar surface area (TPSA) is 46.8 Å². The number of aryl methyl sites for hydroxylation is 1. The van der Waals surface area contributed by atoms with Gasteiger partial charge < -0.3 is 9.64 Å². The summed E-state index contributed by atoms with van der Waals surface area (Å²) in [5, 5.41) is 0. The Labute approximate surface area is 106 Å². The summed E-state index contributed by atoms with van der Waals surface area (Å²) in [5.41, 5.74) is 1.25. The quantitative estimate of drug-likeness (QED) is 0.827. The van der Waals surface area contributed by atoms with Gasteiger partial charge in [-0.2, -0.15) is 0 Å². The Morgan fingerprint density at radius 3 is 2.72 bits per heavy atom. The summed E-state index contributed by atoms with van der Waals surface area (Å²) in [6.45, 7) is 2.01. The molecule has 2 aromatic heterocycles. The first-order chi connectivity index (χ1) is 8.60. The van der Waals surface area contributed by atoms with Gasteiger partial charge in [0.1, 0.15) is 5.82 Å². The van der Waals surface area contributed by atoms with Crippen molar-refractivity contribution in [3.63, 3.8) is 0 Å². The van der Waals surface area contributed by atoms with Crippen LogP contribution in [-0.4, -0.2) is 41.4 Å². The lowest BCUT2D eigenvalue weighted by molar-refractivity contribution is 0.0824. The normalized spacial score (nSPS) is 10.7. The Morgan fingerprint density at radius 2 is 2.17 bits per heavy atom. The highest BCUT2D eigenvalue weighted by molar-refractivity contribution is 5.99. The van der Waals surface area contributed by atoms with Crippen LogP contribution in [-0.2, 0) is 6.42 Å². The minimum atomic E-state index is -0.0968. The molecule has 2 rings (SSSR count). The minimum absolute atomic E-state index is 0.0968. The number of hydrogen-bond donors (Lipinski definition) is 0. The van der Waals surface area contributed by atoms with E-state index in [-0.39, 0.29) is 5.91 Å². The van der Waals surface area contributed by atoms with Gasteiger partial charge in [-0.15, -0.1) is 0 Å². The van der Waals surface area contributed by atoms with Gasteiger partial charge in [0.05, 0.1) is 12.6 Å². The molecule has 18 heavy (non-hydrogen) atoms. The van der Waals surface area contributed by atoms with Gasteiger partial charge in [-0.1, -0.05) is 13.0 Å². The highest BCUT2D eigenvalue weighted by atomic mass is 16.5. The molecule has 2 heterocycles. The zero-order valence-corrected chi connectivity index (χ0v) is 11.1. The van der Waals surface area contributed by atoms with Crippen molar-refractivity contribution in [3.05, 3.63) is 29.7 Å². The van der Waals surface area contributed by atoms with Crippen molar-refractivity contribution in [1.82, 2.24) is 14.3 Å². The second-order valence-electron chi connectivity index (χ2n) is 4.22. The maximum atomic E-state index is 12.1. The smallest absolute Gasteiger partial charge is 0.274 e. The second-order valence-corrected chi connectivity index (χ2v) is 4.22. The van der Waals surface area contributed by atoms with E-state index in [0.717, 1.165) is 17.8 Å². The first-order valence-corrected chi connectivity index (χ1v) is 5.86. The molecule has 0 bridgehead atoms. The van der Waals surface area contributed by atoms with Gasteiger partial charge in [0.15, 0.2) is 11.6 Å². The van der Waals surface area contributed by atoms with Gasteiger partial charge in [0.25, 0.3) is 5.91 Å². The molecule has 0 atom stereocenters. The fraction of sp³-hybridized carbons (Fsp3) is 0.385. The molecular weight excluding hydrogens is 230 g/mol. The van der Waals surface area contributed by atoms with Crippen LogP contribution in [0.4, 0.5) is 0 Å². The zero-order chi connectivity index (χ0) is 13.3. The largest absolute Gasteiger partial charge is 0.482 e. The molecule has 0 aliphatic heterocycles. The predicted molar refractivity (Wildman–Crippen MR) is 69.1 cm³/mol. The Bertz CT molecular complexity index is 587. The molecule has 0 N–H and O–H groups in total. The number of pyridine rings is 1. The van der Waals surface area contributed by atoms with Gasteiger partial charge in [0, 0.05) is 20.5 Å². The number of rotatable bonds is 3. The van der Waals surface area contributed by atoms with E-state index < -0.39 is 0 Å². The highest BCUT2D eigenvalue weighted by Gasteiger charge is 2.19. The summed E-state index contributed by atoms with van der Waals surface area (Å²) in [6.07, 6.45) is 0.738. The van der Waals surface area contributed by atoms with Gasteiger partial charge >= 0.3 is 0 Å². The summed E-state index contributed by atoms with van der Waals surface area (Å²) >= 11 is 0. The molecule has 0 aromatic carbocycles. The van der Waals surface area contributed by atoms with Crippen LogP contribution in [0.1, 0.15) is 23.2 Å². The highest BCUT2D eigenvalue weighted by Crippen LogP contribution is 2.21. The summed E-state index contributed by atoms with van der Waals surface area (Å²) < 4.78 is 7.21. The molecule has 0 fully saturated rings. The molecule has 0 aliphatic rings. The Morgan fingerprint density at radius 1 is 1.44 bits per heavy atom. The van der Waals surface area contributed by atoms with Crippen LogP contribution in [0, 0.1) is 0 Å². The third kappa shape index (κ3) is 1.81. The minimum Gasteiger partial charge on any atom is -0.482 e. The maximum Gasteiger partial charge on any atom is 0.274 e. The molecule has 0 radical (unpaired) electrons. The van der Waals surface area contributed by atoms with E-state index in [4.69, 9.17) is 4.74 Å². The van der Waals surface area contributed by atoms with Crippen LogP contribution in [0.5, 0.6) is 5.88 Å². The van der Waals surface area contributed by atoms with Crippen molar-refractivity contribution in [2.24, 2.45) is 0 Å². The van der Waals surface area contributed by atoms with Gasteiger partial charge in [-0.25, -0.2) is 4.98 Å². The van der Waals surface area contributed by atoms with Crippen molar-refractivity contribution < 1.29 is 9.53 Å². The third-order valence-electron chi connectivity index (χ3n) is 2.83. The SMILES string of the molecule is CCc1nc(C(=O)N(C)C)c2cccc(OC)n12. The van der Waals surface area contributed by atoms with Crippen LogP contribution in [0.3, 0.4) is 0 Å². The van der Waals surface area contributed by atoms with Crippen LogP contribution in [0.25, 0.3) is 5.52 Å². The van der Waals surface area contributed by atoms with Crippen molar-refractivity contribution in [2.75, 3.05) is 21.2 Å². The van der Waals surface area contributed by atoms with E-state index >= 15 is 0 Å². The standard InChI is InChI=1S/C13H17N3O2/c1-5-10-14-12(13(17)15(2)3)9-7-6-8-11(18-4)16(9)10/h6-8H,5H2,1-4H3. The molecule has 1 amide bonds. The lowest BCUT2D eigenvalue weighted by Gasteiger charge is -2.08. The lowest BCUT2D eigenvalue weighted by atomic mass is 10.3. The molecule has 0 unspecified atom stereocenters. The summed E-state index contributed by atoms with van der Waals surface area (Å²) in [4.78, 5) is 18.1. The van der Waals surface area contributed by atoms with E-state index in [0.29, 0.717) is 11.6 Å². The van der Waals surface area contributed by atoms with E-state index in [1.165, 1.54) is 4.90 Å². The number of fused-ring (bicyclic) bond motifs is 1. The average Bonchev–Trinajstić information content (AvgIpc) is 2.76. The van der Waals surface area contributed by atoms with Gasteiger partial charge in [0.2, 0.25) is 0 Å². The number of ether oxygens (including phenoxy) is 1. The molecule has 0 saturated heterocycles. The van der Waals surface area contributed by atoms with Crippen LogP contribution >= 0.6 is 0 Å². The van der Waals surface area contributed by atoms with E-state index in [1.807, 2.05) is 29.5 Å². The van der Waals surface area contributed by atoms with Crippen LogP contribution in [0.2, 0.25) is 0 Å². The average molecular weight is 247 g/mol. The number of methoxy groups -OCH3 is 1. The Balaban J connectivity index is 2.74. The van der Waals surface area contributed by atoms with Crippen LogP contribution in [0.15, 0.2) is 18.2 Å². The molecule has 0 spiro atoms. The Kier molecular flexibility index (Phi) is 3.23. The number of aromatic nitrogens is 2. The van der Waals surface area contributed by atoms with Crippen molar-refractivity contribution in [2.45, 2.75) is 13.3 Å². The molecular formula is C13H17N3O2. The first-order valence-electron chi connectivity index (χ1n) is 5.86.